The molecule has 4 aromatic rings. The number of fused-ring (bicyclic) bond motifs is 1. The molecule has 0 amide bonds. The molecule has 3 heterocycles. The number of halogens is 3. The third-order valence-electron chi connectivity index (χ3n) is 6.25. The zero-order valence-electron chi connectivity index (χ0n) is 19.9. The van der Waals surface area contributed by atoms with Gasteiger partial charge in [0.15, 0.2) is 11.6 Å². The van der Waals surface area contributed by atoms with Gasteiger partial charge in [0.05, 0.1) is 23.4 Å². The summed E-state index contributed by atoms with van der Waals surface area (Å²) >= 11 is 0. The molecular formula is C26H25F3N6. The Morgan fingerprint density at radius 1 is 1.03 bits per heavy atom. The first-order valence-electron chi connectivity index (χ1n) is 11.3. The van der Waals surface area contributed by atoms with Crippen LogP contribution in [0.25, 0.3) is 5.69 Å². The van der Waals surface area contributed by atoms with Gasteiger partial charge in [-0.05, 0) is 36.8 Å². The summed E-state index contributed by atoms with van der Waals surface area (Å²) in [4.78, 5) is 15.3. The second kappa shape index (κ2) is 8.41. The number of nitrogens with zero attached hydrogens (tertiary/aromatic N) is 5. The summed E-state index contributed by atoms with van der Waals surface area (Å²) in [6.07, 6.45) is 3.59. The Kier molecular flexibility index (Phi) is 5.50. The van der Waals surface area contributed by atoms with Crippen molar-refractivity contribution in [2.75, 3.05) is 23.8 Å². The molecular weight excluding hydrogens is 453 g/mol. The smallest absolute Gasteiger partial charge is 0.182 e. The summed E-state index contributed by atoms with van der Waals surface area (Å²) in [5.74, 6) is -0.659. The van der Waals surface area contributed by atoms with E-state index >= 15 is 0 Å². The topological polar surface area (TPSA) is 58.9 Å². The Morgan fingerprint density at radius 3 is 2.51 bits per heavy atom. The third kappa shape index (κ3) is 4.00. The SMILES string of the molecule is CNc1nc(Cc2ccc(-n3cnc(C)c3)c(F)c2)nc2c1C(C)(C)CN2c1cccc(F)c1F. The lowest BCUT2D eigenvalue weighted by Crippen LogP contribution is -2.26. The summed E-state index contributed by atoms with van der Waals surface area (Å²) in [5.41, 5.74) is 2.41. The molecule has 2 aromatic heterocycles. The lowest BCUT2D eigenvalue weighted by atomic mass is 9.88. The quantitative estimate of drug-likeness (QED) is 0.413. The molecule has 1 N–H and O–H groups in total. The van der Waals surface area contributed by atoms with Crippen LogP contribution >= 0.6 is 0 Å². The van der Waals surface area contributed by atoms with Crippen molar-refractivity contribution in [3.63, 3.8) is 0 Å². The van der Waals surface area contributed by atoms with E-state index in [0.717, 1.165) is 17.3 Å². The van der Waals surface area contributed by atoms with E-state index in [0.29, 0.717) is 35.3 Å². The molecule has 0 aliphatic carbocycles. The highest BCUT2D eigenvalue weighted by molar-refractivity contribution is 5.74. The average Bonchev–Trinajstić information content (AvgIpc) is 3.35. The number of imidazole rings is 1. The number of benzene rings is 2. The minimum Gasteiger partial charge on any atom is -0.373 e. The molecule has 0 atom stereocenters. The van der Waals surface area contributed by atoms with Crippen molar-refractivity contribution in [2.24, 2.45) is 0 Å². The van der Waals surface area contributed by atoms with Crippen molar-refractivity contribution in [2.45, 2.75) is 32.6 Å². The normalized spacial score (nSPS) is 14.3. The van der Waals surface area contributed by atoms with E-state index in [2.05, 4.69) is 15.3 Å². The van der Waals surface area contributed by atoms with Gasteiger partial charge in [0.25, 0.3) is 0 Å². The predicted molar refractivity (Wildman–Crippen MR) is 129 cm³/mol. The third-order valence-corrected chi connectivity index (χ3v) is 6.25. The summed E-state index contributed by atoms with van der Waals surface area (Å²) in [6, 6.07) is 9.07. The Bertz CT molecular complexity index is 1430. The Hall–Kier alpha value is -3.88. The lowest BCUT2D eigenvalue weighted by molar-refractivity contribution is 0.505. The molecule has 1 aliphatic heterocycles. The molecule has 0 radical (unpaired) electrons. The second-order valence-electron chi connectivity index (χ2n) is 9.36. The summed E-state index contributed by atoms with van der Waals surface area (Å²) in [5, 5.41) is 3.12. The van der Waals surface area contributed by atoms with Gasteiger partial charge in [0.1, 0.15) is 23.3 Å². The van der Waals surface area contributed by atoms with Gasteiger partial charge in [-0.15, -0.1) is 0 Å². The van der Waals surface area contributed by atoms with Gasteiger partial charge < -0.3 is 14.8 Å². The molecule has 0 bridgehead atoms. The van der Waals surface area contributed by atoms with Crippen molar-refractivity contribution in [3.05, 3.63) is 89.0 Å². The number of hydrogen-bond acceptors (Lipinski definition) is 5. The van der Waals surface area contributed by atoms with Crippen LogP contribution in [0.15, 0.2) is 48.9 Å². The van der Waals surface area contributed by atoms with E-state index in [9.17, 15) is 13.2 Å². The maximum atomic E-state index is 14.9. The van der Waals surface area contributed by atoms with Gasteiger partial charge >= 0.3 is 0 Å². The van der Waals surface area contributed by atoms with Crippen LogP contribution < -0.4 is 10.2 Å². The van der Waals surface area contributed by atoms with Crippen LogP contribution in [0, 0.1) is 24.4 Å². The van der Waals surface area contributed by atoms with E-state index in [1.807, 2.05) is 26.8 Å². The average molecular weight is 479 g/mol. The van der Waals surface area contributed by atoms with Gasteiger partial charge in [-0.25, -0.2) is 28.1 Å². The van der Waals surface area contributed by atoms with Crippen molar-refractivity contribution in [3.8, 4) is 5.69 Å². The van der Waals surface area contributed by atoms with Crippen LogP contribution in [0.4, 0.5) is 30.5 Å². The van der Waals surface area contributed by atoms with E-state index in [1.165, 1.54) is 18.2 Å². The second-order valence-corrected chi connectivity index (χ2v) is 9.36. The fourth-order valence-electron chi connectivity index (χ4n) is 4.63. The molecule has 0 fully saturated rings. The molecule has 6 nitrogen and oxygen atoms in total. The minimum atomic E-state index is -0.922. The van der Waals surface area contributed by atoms with Crippen LogP contribution in [-0.4, -0.2) is 33.1 Å². The zero-order valence-corrected chi connectivity index (χ0v) is 19.9. The van der Waals surface area contributed by atoms with Gasteiger partial charge in [-0.2, -0.15) is 0 Å². The first kappa shape index (κ1) is 22.9. The standard InChI is InChI=1S/C26H25F3N6/c1-15-12-34(14-31-15)19-9-8-16(10-18(19)28)11-21-32-24(30-4)22-25(33-21)35(13-26(22,2)3)20-7-5-6-17(27)23(20)29/h5-10,12,14H,11,13H2,1-4H3,(H,30,32,33). The zero-order chi connectivity index (χ0) is 24.9. The van der Waals surface area contributed by atoms with Crippen molar-refractivity contribution in [1.29, 1.82) is 0 Å². The molecule has 0 spiro atoms. The fraction of sp³-hybridized carbons (Fsp3) is 0.269. The van der Waals surface area contributed by atoms with Crippen LogP contribution in [0.1, 0.15) is 36.5 Å². The monoisotopic (exact) mass is 478 g/mol. The number of aromatic nitrogens is 4. The van der Waals surface area contributed by atoms with E-state index in [4.69, 9.17) is 4.98 Å². The van der Waals surface area contributed by atoms with Crippen molar-refractivity contribution in [1.82, 2.24) is 19.5 Å². The highest BCUT2D eigenvalue weighted by atomic mass is 19.2. The van der Waals surface area contributed by atoms with Gasteiger partial charge in [0.2, 0.25) is 0 Å². The van der Waals surface area contributed by atoms with Gasteiger partial charge in [-0.1, -0.05) is 26.0 Å². The number of nitrogens with one attached hydrogen (secondary N) is 1. The summed E-state index contributed by atoms with van der Waals surface area (Å²) < 4.78 is 45.3. The molecule has 180 valence electrons. The Morgan fingerprint density at radius 2 is 1.83 bits per heavy atom. The van der Waals surface area contributed by atoms with Crippen LogP contribution in [-0.2, 0) is 11.8 Å². The molecule has 0 saturated carbocycles. The van der Waals surface area contributed by atoms with Crippen LogP contribution in [0.2, 0.25) is 0 Å². The lowest BCUT2D eigenvalue weighted by Gasteiger charge is -2.22. The highest BCUT2D eigenvalue weighted by Crippen LogP contribution is 2.46. The van der Waals surface area contributed by atoms with Gasteiger partial charge in [0, 0.05) is 37.2 Å². The maximum Gasteiger partial charge on any atom is 0.182 e. The molecule has 0 saturated heterocycles. The molecule has 5 rings (SSSR count). The number of anilines is 3. The predicted octanol–water partition coefficient (Wildman–Crippen LogP) is 5.45. The van der Waals surface area contributed by atoms with E-state index in [-0.39, 0.29) is 17.9 Å². The van der Waals surface area contributed by atoms with Crippen molar-refractivity contribution >= 4 is 17.3 Å². The summed E-state index contributed by atoms with van der Waals surface area (Å²) in [7, 11) is 1.76. The minimum absolute atomic E-state index is 0.120. The first-order chi connectivity index (χ1) is 16.7. The molecule has 0 unspecified atom stereocenters. The molecule has 1 aliphatic rings. The van der Waals surface area contributed by atoms with Crippen LogP contribution in [0.5, 0.6) is 0 Å². The summed E-state index contributed by atoms with van der Waals surface area (Å²) in [6.45, 7) is 6.27. The number of aryl methyl sites for hydroxylation is 1. The Labute approximate surface area is 201 Å². The first-order valence-corrected chi connectivity index (χ1v) is 11.3. The number of rotatable bonds is 5. The molecule has 9 heteroatoms. The van der Waals surface area contributed by atoms with Crippen molar-refractivity contribution < 1.29 is 13.2 Å². The largest absolute Gasteiger partial charge is 0.373 e. The molecule has 35 heavy (non-hydrogen) atoms. The highest BCUT2D eigenvalue weighted by Gasteiger charge is 2.41. The van der Waals surface area contributed by atoms with E-state index < -0.39 is 17.0 Å². The fourth-order valence-corrected chi connectivity index (χ4v) is 4.63. The molecule has 2 aromatic carbocycles. The van der Waals surface area contributed by atoms with Crippen LogP contribution in [0.3, 0.4) is 0 Å². The van der Waals surface area contributed by atoms with E-state index in [1.54, 1.807) is 35.1 Å². The Balaban J connectivity index is 1.55. The maximum absolute atomic E-state index is 14.9. The number of hydrogen-bond donors (Lipinski definition) is 1. The van der Waals surface area contributed by atoms with Gasteiger partial charge in [-0.3, -0.25) is 0 Å².